The van der Waals surface area contributed by atoms with Crippen LogP contribution in [0.1, 0.15) is 49.6 Å². The maximum Gasteiger partial charge on any atom is 0.220 e. The van der Waals surface area contributed by atoms with Gasteiger partial charge < -0.3 is 10.5 Å². The number of nitrogens with zero attached hydrogens (tertiary/aromatic N) is 3. The van der Waals surface area contributed by atoms with Crippen molar-refractivity contribution in [3.05, 3.63) is 23.8 Å². The predicted molar refractivity (Wildman–Crippen MR) is 81.8 cm³/mol. The molecule has 1 aromatic heterocycles. The molecule has 2 saturated heterocycles. The van der Waals surface area contributed by atoms with Gasteiger partial charge in [0.15, 0.2) is 5.82 Å². The molecule has 1 unspecified atom stereocenters. The predicted octanol–water partition coefficient (Wildman–Crippen LogP) is 1.42. The van der Waals surface area contributed by atoms with E-state index in [0.29, 0.717) is 0 Å². The normalized spacial score (nSPS) is 24.3. The Morgan fingerprint density at radius 3 is 2.55 bits per heavy atom. The van der Waals surface area contributed by atoms with Gasteiger partial charge in [-0.3, -0.25) is 9.69 Å². The summed E-state index contributed by atoms with van der Waals surface area (Å²) in [7, 11) is 0. The highest BCUT2D eigenvalue weighted by Gasteiger charge is 2.23. The molecule has 120 valence electrons. The number of rotatable bonds is 4. The topological polar surface area (TPSA) is 81.3 Å². The number of likely N-dealkylation sites (tertiary alicyclic amines) is 1. The van der Waals surface area contributed by atoms with Gasteiger partial charge in [-0.25, -0.2) is 9.97 Å². The monoisotopic (exact) mass is 304 g/mol. The zero-order chi connectivity index (χ0) is 15.4. The summed E-state index contributed by atoms with van der Waals surface area (Å²) in [6.07, 6.45) is 8.91. The molecule has 6 heteroatoms. The molecule has 3 rings (SSSR count). The van der Waals surface area contributed by atoms with E-state index in [-0.39, 0.29) is 17.9 Å². The first-order valence-corrected chi connectivity index (χ1v) is 8.16. The smallest absolute Gasteiger partial charge is 0.220 e. The van der Waals surface area contributed by atoms with Gasteiger partial charge in [0.2, 0.25) is 5.91 Å². The molecule has 6 nitrogen and oxygen atoms in total. The van der Waals surface area contributed by atoms with Gasteiger partial charge in [-0.1, -0.05) is 0 Å². The number of aromatic nitrogens is 2. The molecule has 0 aromatic carbocycles. The highest BCUT2D eigenvalue weighted by atomic mass is 16.5. The number of nitrogens with two attached hydrogens (primary N) is 1. The van der Waals surface area contributed by atoms with Crippen LogP contribution in [-0.4, -0.2) is 40.5 Å². The van der Waals surface area contributed by atoms with Crippen molar-refractivity contribution in [3.8, 4) is 0 Å². The van der Waals surface area contributed by atoms with Gasteiger partial charge in [0.25, 0.3) is 0 Å². The Morgan fingerprint density at radius 2 is 1.95 bits per heavy atom. The third kappa shape index (κ3) is 3.81. The Labute approximate surface area is 131 Å². The molecule has 1 aromatic rings. The van der Waals surface area contributed by atoms with Crippen LogP contribution in [0, 0.1) is 5.92 Å². The Hall–Kier alpha value is -1.53. The highest BCUT2D eigenvalue weighted by molar-refractivity contribution is 5.76. The molecule has 0 saturated carbocycles. The molecule has 2 aliphatic heterocycles. The molecule has 0 bridgehead atoms. The lowest BCUT2D eigenvalue weighted by Crippen LogP contribution is -2.38. The molecule has 1 atom stereocenters. The van der Waals surface area contributed by atoms with E-state index in [1.54, 1.807) is 0 Å². The summed E-state index contributed by atoms with van der Waals surface area (Å²) in [4.78, 5) is 22.5. The van der Waals surface area contributed by atoms with Crippen molar-refractivity contribution in [2.75, 3.05) is 19.7 Å². The fourth-order valence-corrected chi connectivity index (χ4v) is 3.19. The van der Waals surface area contributed by atoms with E-state index in [9.17, 15) is 4.79 Å². The van der Waals surface area contributed by atoms with Gasteiger partial charge in [-0.2, -0.15) is 0 Å². The lowest BCUT2D eigenvalue weighted by molar-refractivity contribution is -0.123. The first-order valence-electron chi connectivity index (χ1n) is 8.16. The van der Waals surface area contributed by atoms with Gasteiger partial charge in [-0.05, 0) is 45.2 Å². The average molecular weight is 304 g/mol. The van der Waals surface area contributed by atoms with E-state index in [1.807, 2.05) is 12.4 Å². The molecular formula is C16H24N4O2. The Kier molecular flexibility index (Phi) is 5.00. The van der Waals surface area contributed by atoms with E-state index in [2.05, 4.69) is 14.9 Å². The molecule has 0 radical (unpaired) electrons. The van der Waals surface area contributed by atoms with Crippen LogP contribution in [0.4, 0.5) is 0 Å². The van der Waals surface area contributed by atoms with Crippen molar-refractivity contribution in [2.24, 2.45) is 11.7 Å². The van der Waals surface area contributed by atoms with Crippen LogP contribution in [0.2, 0.25) is 0 Å². The van der Waals surface area contributed by atoms with Crippen LogP contribution in [0.5, 0.6) is 0 Å². The Morgan fingerprint density at radius 1 is 1.23 bits per heavy atom. The Bertz CT molecular complexity index is 491. The first-order chi connectivity index (χ1) is 10.7. The SMILES string of the molecule is NC(=O)C1CCN(Cc2cnc(C3CCCCO3)nc2)CC1. The van der Waals surface area contributed by atoms with E-state index < -0.39 is 0 Å². The van der Waals surface area contributed by atoms with Crippen LogP contribution in [-0.2, 0) is 16.1 Å². The number of amides is 1. The Balaban J connectivity index is 1.52. The summed E-state index contributed by atoms with van der Waals surface area (Å²) in [6, 6.07) is 0. The van der Waals surface area contributed by atoms with Crippen molar-refractivity contribution in [3.63, 3.8) is 0 Å². The quantitative estimate of drug-likeness (QED) is 0.909. The zero-order valence-corrected chi connectivity index (χ0v) is 12.9. The molecule has 22 heavy (non-hydrogen) atoms. The maximum absolute atomic E-state index is 11.2. The van der Waals surface area contributed by atoms with Crippen LogP contribution < -0.4 is 5.73 Å². The lowest BCUT2D eigenvalue weighted by atomic mass is 9.96. The summed E-state index contributed by atoms with van der Waals surface area (Å²) in [5, 5.41) is 0. The number of hydrogen-bond acceptors (Lipinski definition) is 5. The number of piperidine rings is 1. The third-order valence-corrected chi connectivity index (χ3v) is 4.59. The molecule has 0 aliphatic carbocycles. The highest BCUT2D eigenvalue weighted by Crippen LogP contribution is 2.25. The van der Waals surface area contributed by atoms with Crippen LogP contribution in [0.15, 0.2) is 12.4 Å². The number of ether oxygens (including phenoxy) is 1. The van der Waals surface area contributed by atoms with Crippen LogP contribution in [0.25, 0.3) is 0 Å². The first kappa shape index (κ1) is 15.4. The minimum Gasteiger partial charge on any atom is -0.370 e. The van der Waals surface area contributed by atoms with Crippen LogP contribution in [0.3, 0.4) is 0 Å². The number of carbonyl (C=O) groups is 1. The lowest BCUT2D eigenvalue weighted by Gasteiger charge is -2.30. The van der Waals surface area contributed by atoms with Gasteiger partial charge >= 0.3 is 0 Å². The van der Waals surface area contributed by atoms with E-state index in [1.165, 1.54) is 6.42 Å². The second-order valence-corrected chi connectivity index (χ2v) is 6.26. The zero-order valence-electron chi connectivity index (χ0n) is 12.9. The molecular weight excluding hydrogens is 280 g/mol. The number of hydrogen-bond donors (Lipinski definition) is 1. The van der Waals surface area contributed by atoms with Crippen molar-refractivity contribution >= 4 is 5.91 Å². The van der Waals surface area contributed by atoms with Gasteiger partial charge in [0.05, 0.1) is 0 Å². The second kappa shape index (κ2) is 7.15. The molecule has 2 aliphatic rings. The summed E-state index contributed by atoms with van der Waals surface area (Å²) >= 11 is 0. The van der Waals surface area contributed by atoms with Crippen LogP contribution >= 0.6 is 0 Å². The molecule has 2 fully saturated rings. The number of carbonyl (C=O) groups excluding carboxylic acids is 1. The fraction of sp³-hybridized carbons (Fsp3) is 0.688. The minimum absolute atomic E-state index is 0.0401. The fourth-order valence-electron chi connectivity index (χ4n) is 3.19. The average Bonchev–Trinajstić information content (AvgIpc) is 2.57. The van der Waals surface area contributed by atoms with Gasteiger partial charge in [0.1, 0.15) is 6.10 Å². The van der Waals surface area contributed by atoms with E-state index >= 15 is 0 Å². The van der Waals surface area contributed by atoms with Gasteiger partial charge in [-0.15, -0.1) is 0 Å². The second-order valence-electron chi connectivity index (χ2n) is 6.26. The van der Waals surface area contributed by atoms with Crippen molar-refractivity contribution in [1.82, 2.24) is 14.9 Å². The number of primary amides is 1. The third-order valence-electron chi connectivity index (χ3n) is 4.59. The standard InChI is InChI=1S/C16H24N4O2/c17-15(21)13-4-6-20(7-5-13)11-12-9-18-16(19-10-12)14-3-1-2-8-22-14/h9-10,13-14H,1-8,11H2,(H2,17,21). The summed E-state index contributed by atoms with van der Waals surface area (Å²) in [5.41, 5.74) is 6.47. The molecule has 1 amide bonds. The van der Waals surface area contributed by atoms with Gasteiger partial charge in [0, 0.05) is 37.0 Å². The minimum atomic E-state index is -0.167. The molecule has 0 spiro atoms. The van der Waals surface area contributed by atoms with Crippen molar-refractivity contribution in [1.29, 1.82) is 0 Å². The van der Waals surface area contributed by atoms with E-state index in [0.717, 1.165) is 63.3 Å². The summed E-state index contributed by atoms with van der Waals surface area (Å²) < 4.78 is 5.71. The molecule has 2 N–H and O–H groups in total. The van der Waals surface area contributed by atoms with E-state index in [4.69, 9.17) is 10.5 Å². The maximum atomic E-state index is 11.2. The van der Waals surface area contributed by atoms with Crippen molar-refractivity contribution < 1.29 is 9.53 Å². The van der Waals surface area contributed by atoms with Crippen molar-refractivity contribution in [2.45, 2.75) is 44.8 Å². The summed E-state index contributed by atoms with van der Waals surface area (Å²) in [5.74, 6) is 0.675. The summed E-state index contributed by atoms with van der Waals surface area (Å²) in [6.45, 7) is 3.45. The molecule has 3 heterocycles. The largest absolute Gasteiger partial charge is 0.370 e.